The normalized spacial score (nSPS) is 10.5. The van der Waals surface area contributed by atoms with Gasteiger partial charge >= 0.3 is 5.97 Å². The SMILES string of the molecule is COc1ccccc1C(=O)NCC(=O)OCc1cc(=O)n2ccc(C)cc2n1. The number of esters is 1. The lowest BCUT2D eigenvalue weighted by molar-refractivity contribution is -0.143. The summed E-state index contributed by atoms with van der Waals surface area (Å²) in [6, 6.07) is 11.6. The van der Waals surface area contributed by atoms with Crippen molar-refractivity contribution in [1.29, 1.82) is 0 Å². The number of ether oxygens (including phenoxy) is 2. The Bertz CT molecular complexity index is 1090. The summed E-state index contributed by atoms with van der Waals surface area (Å²) >= 11 is 0. The fourth-order valence-electron chi connectivity index (χ4n) is 2.61. The van der Waals surface area contributed by atoms with Gasteiger partial charge in [0.1, 0.15) is 24.5 Å². The molecule has 1 N–H and O–H groups in total. The lowest BCUT2D eigenvalue weighted by Crippen LogP contribution is -2.31. The Kier molecular flexibility index (Phi) is 5.69. The van der Waals surface area contributed by atoms with Gasteiger partial charge in [0, 0.05) is 12.3 Å². The number of amides is 1. The smallest absolute Gasteiger partial charge is 0.325 e. The van der Waals surface area contributed by atoms with Gasteiger partial charge in [0.05, 0.1) is 18.4 Å². The molecule has 0 bridgehead atoms. The van der Waals surface area contributed by atoms with Crippen LogP contribution in [0.15, 0.2) is 53.5 Å². The molecule has 28 heavy (non-hydrogen) atoms. The Balaban J connectivity index is 1.59. The van der Waals surface area contributed by atoms with Crippen LogP contribution in [-0.2, 0) is 16.1 Å². The minimum Gasteiger partial charge on any atom is -0.496 e. The van der Waals surface area contributed by atoms with Crippen LogP contribution in [0.5, 0.6) is 5.75 Å². The molecule has 2 aromatic heterocycles. The maximum Gasteiger partial charge on any atom is 0.325 e. The number of carbonyl (C=O) groups is 2. The Morgan fingerprint density at radius 1 is 1.18 bits per heavy atom. The van der Waals surface area contributed by atoms with Crippen molar-refractivity contribution in [1.82, 2.24) is 14.7 Å². The number of nitrogens with zero attached hydrogens (tertiary/aromatic N) is 2. The van der Waals surface area contributed by atoms with Gasteiger partial charge in [-0.3, -0.25) is 18.8 Å². The second kappa shape index (κ2) is 8.34. The topological polar surface area (TPSA) is 99.0 Å². The third kappa shape index (κ3) is 4.35. The van der Waals surface area contributed by atoms with Crippen LogP contribution >= 0.6 is 0 Å². The number of hydrogen-bond donors (Lipinski definition) is 1. The van der Waals surface area contributed by atoms with E-state index in [0.29, 0.717) is 22.7 Å². The number of hydrogen-bond acceptors (Lipinski definition) is 6. The number of carbonyl (C=O) groups excluding carboxylic acids is 2. The molecule has 0 saturated carbocycles. The molecule has 0 unspecified atom stereocenters. The molecule has 0 fully saturated rings. The molecule has 1 aromatic carbocycles. The molecular weight excluding hydrogens is 362 g/mol. The molecule has 3 rings (SSSR count). The monoisotopic (exact) mass is 381 g/mol. The Hall–Kier alpha value is -3.68. The largest absolute Gasteiger partial charge is 0.496 e. The summed E-state index contributed by atoms with van der Waals surface area (Å²) in [5.41, 5.74) is 1.82. The fourth-order valence-corrected chi connectivity index (χ4v) is 2.61. The molecule has 0 atom stereocenters. The van der Waals surface area contributed by atoms with Crippen LogP contribution in [0, 0.1) is 6.92 Å². The second-order valence-electron chi connectivity index (χ2n) is 6.06. The molecule has 0 aliphatic rings. The van der Waals surface area contributed by atoms with E-state index in [4.69, 9.17) is 9.47 Å². The maximum atomic E-state index is 12.2. The van der Waals surface area contributed by atoms with E-state index >= 15 is 0 Å². The summed E-state index contributed by atoms with van der Waals surface area (Å²) in [5, 5.41) is 2.48. The zero-order valence-corrected chi connectivity index (χ0v) is 15.5. The average Bonchev–Trinajstić information content (AvgIpc) is 2.70. The number of aryl methyl sites for hydroxylation is 1. The van der Waals surface area contributed by atoms with Crippen molar-refractivity contribution < 1.29 is 19.1 Å². The minimum atomic E-state index is -0.644. The van der Waals surface area contributed by atoms with E-state index in [1.165, 1.54) is 17.6 Å². The number of aromatic nitrogens is 2. The number of para-hydroxylation sites is 1. The number of pyridine rings is 1. The summed E-state index contributed by atoms with van der Waals surface area (Å²) in [6.45, 7) is 1.41. The molecule has 2 heterocycles. The highest BCUT2D eigenvalue weighted by molar-refractivity contribution is 5.98. The maximum absolute atomic E-state index is 12.2. The zero-order valence-electron chi connectivity index (χ0n) is 15.5. The Morgan fingerprint density at radius 2 is 1.96 bits per heavy atom. The zero-order chi connectivity index (χ0) is 20.1. The van der Waals surface area contributed by atoms with Crippen molar-refractivity contribution in [3.63, 3.8) is 0 Å². The third-order valence-electron chi connectivity index (χ3n) is 4.00. The first-order chi connectivity index (χ1) is 13.5. The van der Waals surface area contributed by atoms with E-state index in [9.17, 15) is 14.4 Å². The van der Waals surface area contributed by atoms with Gasteiger partial charge in [-0.05, 0) is 36.8 Å². The van der Waals surface area contributed by atoms with Gasteiger partial charge in [0.2, 0.25) is 0 Å². The van der Waals surface area contributed by atoms with E-state index in [1.54, 1.807) is 42.6 Å². The van der Waals surface area contributed by atoms with Crippen molar-refractivity contribution >= 4 is 17.5 Å². The van der Waals surface area contributed by atoms with Gasteiger partial charge in [0.15, 0.2) is 0 Å². The minimum absolute atomic E-state index is 0.164. The summed E-state index contributed by atoms with van der Waals surface area (Å²) in [4.78, 5) is 40.5. The number of fused-ring (bicyclic) bond motifs is 1. The van der Waals surface area contributed by atoms with Crippen LogP contribution in [-0.4, -0.2) is 34.9 Å². The van der Waals surface area contributed by atoms with Crippen molar-refractivity contribution in [2.45, 2.75) is 13.5 Å². The number of nitrogens with one attached hydrogen (secondary N) is 1. The third-order valence-corrected chi connectivity index (χ3v) is 4.00. The van der Waals surface area contributed by atoms with Crippen molar-refractivity contribution in [3.8, 4) is 5.75 Å². The molecule has 8 nitrogen and oxygen atoms in total. The van der Waals surface area contributed by atoms with Gasteiger partial charge in [-0.15, -0.1) is 0 Å². The van der Waals surface area contributed by atoms with Crippen LogP contribution in [0.2, 0.25) is 0 Å². The fraction of sp³-hybridized carbons (Fsp3) is 0.200. The molecule has 1 amide bonds. The van der Waals surface area contributed by atoms with Crippen molar-refractivity contribution in [3.05, 3.63) is 75.8 Å². The molecular formula is C20H19N3O5. The quantitative estimate of drug-likeness (QED) is 0.650. The van der Waals surface area contributed by atoms with Gasteiger partial charge < -0.3 is 14.8 Å². The lowest BCUT2D eigenvalue weighted by Gasteiger charge is -2.09. The molecule has 0 spiro atoms. The van der Waals surface area contributed by atoms with E-state index in [2.05, 4.69) is 10.3 Å². The van der Waals surface area contributed by atoms with Gasteiger partial charge in [-0.25, -0.2) is 4.98 Å². The van der Waals surface area contributed by atoms with E-state index in [1.807, 2.05) is 6.92 Å². The number of methoxy groups -OCH3 is 1. The predicted octanol–water partition coefficient (Wildman–Crippen LogP) is 1.48. The highest BCUT2D eigenvalue weighted by Gasteiger charge is 2.13. The highest BCUT2D eigenvalue weighted by Crippen LogP contribution is 2.16. The predicted molar refractivity (Wildman–Crippen MR) is 101 cm³/mol. The summed E-state index contributed by atoms with van der Waals surface area (Å²) < 4.78 is 11.6. The molecule has 0 aliphatic heterocycles. The highest BCUT2D eigenvalue weighted by atomic mass is 16.5. The van der Waals surface area contributed by atoms with Crippen LogP contribution < -0.4 is 15.6 Å². The van der Waals surface area contributed by atoms with E-state index in [-0.39, 0.29) is 18.7 Å². The average molecular weight is 381 g/mol. The first-order valence-electron chi connectivity index (χ1n) is 8.53. The van der Waals surface area contributed by atoms with Crippen molar-refractivity contribution in [2.75, 3.05) is 13.7 Å². The molecule has 8 heteroatoms. The van der Waals surface area contributed by atoms with Crippen LogP contribution in [0.4, 0.5) is 0 Å². The summed E-state index contributed by atoms with van der Waals surface area (Å²) in [5.74, 6) is -0.689. The second-order valence-corrected chi connectivity index (χ2v) is 6.06. The molecule has 0 aliphatic carbocycles. The molecule has 0 saturated heterocycles. The first-order valence-corrected chi connectivity index (χ1v) is 8.53. The number of rotatable bonds is 6. The molecule has 144 valence electrons. The van der Waals surface area contributed by atoms with Gasteiger partial charge in [-0.1, -0.05) is 12.1 Å². The van der Waals surface area contributed by atoms with Crippen LogP contribution in [0.1, 0.15) is 21.6 Å². The lowest BCUT2D eigenvalue weighted by atomic mass is 10.2. The van der Waals surface area contributed by atoms with Crippen LogP contribution in [0.3, 0.4) is 0 Å². The molecule has 0 radical (unpaired) electrons. The first kappa shape index (κ1) is 19.1. The van der Waals surface area contributed by atoms with Gasteiger partial charge in [-0.2, -0.15) is 0 Å². The molecule has 3 aromatic rings. The summed E-state index contributed by atoms with van der Waals surface area (Å²) in [7, 11) is 1.46. The van der Waals surface area contributed by atoms with E-state index < -0.39 is 11.9 Å². The van der Waals surface area contributed by atoms with Crippen molar-refractivity contribution in [2.24, 2.45) is 0 Å². The van der Waals surface area contributed by atoms with Crippen LogP contribution in [0.25, 0.3) is 5.65 Å². The standard InChI is InChI=1S/C20H19N3O5/c1-13-7-8-23-17(9-13)22-14(10-18(23)24)12-28-19(25)11-21-20(26)15-5-3-4-6-16(15)27-2/h3-10H,11-12H2,1-2H3,(H,21,26). The number of benzene rings is 1. The summed E-state index contributed by atoms with van der Waals surface area (Å²) in [6.07, 6.45) is 1.64. The van der Waals surface area contributed by atoms with E-state index in [0.717, 1.165) is 5.56 Å². The van der Waals surface area contributed by atoms with Gasteiger partial charge in [0.25, 0.3) is 11.5 Å². The Labute approximate surface area is 160 Å². The Morgan fingerprint density at radius 3 is 2.75 bits per heavy atom.